The third-order valence-corrected chi connectivity index (χ3v) is 3.42. The summed E-state index contributed by atoms with van der Waals surface area (Å²) < 4.78 is 0. The number of imide groups is 1. The van der Waals surface area contributed by atoms with Crippen LogP contribution in [0.3, 0.4) is 0 Å². The second-order valence-electron chi connectivity index (χ2n) is 4.74. The maximum atomic E-state index is 11.8. The molecule has 0 saturated heterocycles. The van der Waals surface area contributed by atoms with Crippen molar-refractivity contribution in [2.45, 2.75) is 25.3 Å². The van der Waals surface area contributed by atoms with Crippen LogP contribution in [0.2, 0.25) is 0 Å². The van der Waals surface area contributed by atoms with Gasteiger partial charge in [-0.15, -0.1) is 0 Å². The van der Waals surface area contributed by atoms with E-state index in [1.54, 1.807) is 18.3 Å². The van der Waals surface area contributed by atoms with Crippen LogP contribution in [0.1, 0.15) is 29.8 Å². The number of hydrogen-bond acceptors (Lipinski definition) is 4. The van der Waals surface area contributed by atoms with Crippen LogP contribution >= 0.6 is 0 Å². The van der Waals surface area contributed by atoms with E-state index in [-0.39, 0.29) is 19.1 Å². The number of H-pyrrole nitrogens is 1. The van der Waals surface area contributed by atoms with Crippen molar-refractivity contribution in [2.24, 2.45) is 0 Å². The number of aliphatic hydroxyl groups is 1. The van der Waals surface area contributed by atoms with Crippen molar-refractivity contribution in [2.75, 3.05) is 19.7 Å². The summed E-state index contributed by atoms with van der Waals surface area (Å²) in [7, 11) is 0. The lowest BCUT2D eigenvalue weighted by Crippen LogP contribution is -2.48. The molecule has 0 aliphatic heterocycles. The minimum atomic E-state index is -0.424. The molecule has 1 saturated carbocycles. The number of rotatable bonds is 6. The fourth-order valence-corrected chi connectivity index (χ4v) is 2.16. The summed E-state index contributed by atoms with van der Waals surface area (Å²) in [4.78, 5) is 28.2. The average molecular weight is 265 g/mol. The number of hydrogen-bond donors (Lipinski definition) is 3. The number of aliphatic hydroxyl groups excluding tert-OH is 1. The topological polar surface area (TPSA) is 85.4 Å². The monoisotopic (exact) mass is 265 g/mol. The Balaban J connectivity index is 1.83. The second kappa shape index (κ2) is 6.49. The molecule has 1 aliphatic rings. The Morgan fingerprint density at radius 3 is 2.79 bits per heavy atom. The summed E-state index contributed by atoms with van der Waals surface area (Å²) in [5.41, 5.74) is 0.366. The van der Waals surface area contributed by atoms with Crippen molar-refractivity contribution in [1.82, 2.24) is 15.2 Å². The molecule has 6 nitrogen and oxygen atoms in total. The molecule has 1 aromatic rings. The summed E-state index contributed by atoms with van der Waals surface area (Å²) in [5.74, 6) is -0.757. The molecule has 6 heteroatoms. The fraction of sp³-hybridized carbons (Fsp3) is 0.538. The summed E-state index contributed by atoms with van der Waals surface area (Å²) in [6.45, 7) is 0.640. The molecule has 0 atom stereocenters. The van der Waals surface area contributed by atoms with E-state index < -0.39 is 5.91 Å². The molecule has 2 amide bonds. The highest BCUT2D eigenvalue weighted by Gasteiger charge is 2.26. The zero-order chi connectivity index (χ0) is 13.7. The van der Waals surface area contributed by atoms with Gasteiger partial charge in [0, 0.05) is 18.8 Å². The van der Waals surface area contributed by atoms with Crippen molar-refractivity contribution >= 4 is 11.8 Å². The zero-order valence-electron chi connectivity index (χ0n) is 10.8. The van der Waals surface area contributed by atoms with Gasteiger partial charge in [0.2, 0.25) is 5.91 Å². The molecule has 1 aliphatic carbocycles. The van der Waals surface area contributed by atoms with Crippen LogP contribution < -0.4 is 5.32 Å². The maximum absolute atomic E-state index is 11.8. The van der Waals surface area contributed by atoms with Gasteiger partial charge in [-0.1, -0.05) is 6.42 Å². The molecule has 1 fully saturated rings. The maximum Gasteiger partial charge on any atom is 0.274 e. The van der Waals surface area contributed by atoms with Crippen molar-refractivity contribution in [3.63, 3.8) is 0 Å². The highest BCUT2D eigenvalue weighted by molar-refractivity contribution is 6.04. The van der Waals surface area contributed by atoms with Crippen LogP contribution in [0.4, 0.5) is 0 Å². The lowest BCUT2D eigenvalue weighted by Gasteiger charge is -2.36. The number of aromatic amines is 1. The van der Waals surface area contributed by atoms with Gasteiger partial charge in [-0.05, 0) is 25.0 Å². The van der Waals surface area contributed by atoms with Crippen molar-refractivity contribution in [3.05, 3.63) is 24.0 Å². The van der Waals surface area contributed by atoms with E-state index in [0.29, 0.717) is 18.3 Å². The number of nitrogens with zero attached hydrogens (tertiary/aromatic N) is 1. The Kier molecular flexibility index (Phi) is 4.70. The molecular weight excluding hydrogens is 246 g/mol. The number of carbonyl (C=O) groups excluding carboxylic acids is 2. The smallest absolute Gasteiger partial charge is 0.274 e. The van der Waals surface area contributed by atoms with E-state index in [1.165, 1.54) is 0 Å². The molecule has 0 radical (unpaired) electrons. The SMILES string of the molecule is O=C(CN(CCO)C1CCC1)NC(=O)c1ccc[nH]1. The molecule has 0 bridgehead atoms. The van der Waals surface area contributed by atoms with E-state index in [0.717, 1.165) is 19.3 Å². The highest BCUT2D eigenvalue weighted by atomic mass is 16.3. The fourth-order valence-electron chi connectivity index (χ4n) is 2.16. The van der Waals surface area contributed by atoms with Crippen LogP contribution in [0, 0.1) is 0 Å². The molecule has 19 heavy (non-hydrogen) atoms. The normalized spacial score (nSPS) is 15.3. The summed E-state index contributed by atoms with van der Waals surface area (Å²) in [6.07, 6.45) is 4.90. The van der Waals surface area contributed by atoms with E-state index in [1.807, 2.05) is 4.90 Å². The predicted octanol–water partition coefficient (Wildman–Crippen LogP) is 0.118. The Labute approximate surface area is 111 Å². The third-order valence-electron chi connectivity index (χ3n) is 3.42. The number of nitrogens with one attached hydrogen (secondary N) is 2. The van der Waals surface area contributed by atoms with E-state index in [4.69, 9.17) is 5.11 Å². The summed E-state index contributed by atoms with van der Waals surface area (Å²) in [6, 6.07) is 3.67. The summed E-state index contributed by atoms with van der Waals surface area (Å²) in [5, 5.41) is 11.3. The minimum Gasteiger partial charge on any atom is -0.395 e. The lowest BCUT2D eigenvalue weighted by molar-refractivity contribution is -0.122. The van der Waals surface area contributed by atoms with Gasteiger partial charge in [-0.3, -0.25) is 19.8 Å². The van der Waals surface area contributed by atoms with Gasteiger partial charge in [0.1, 0.15) is 5.69 Å². The first-order valence-corrected chi connectivity index (χ1v) is 6.53. The highest BCUT2D eigenvalue weighted by Crippen LogP contribution is 2.24. The quantitative estimate of drug-likeness (QED) is 0.682. The average Bonchev–Trinajstić information content (AvgIpc) is 2.79. The summed E-state index contributed by atoms with van der Waals surface area (Å²) >= 11 is 0. The number of carbonyl (C=O) groups is 2. The molecule has 0 spiro atoms. The van der Waals surface area contributed by atoms with E-state index in [2.05, 4.69) is 10.3 Å². The van der Waals surface area contributed by atoms with E-state index in [9.17, 15) is 9.59 Å². The van der Waals surface area contributed by atoms with E-state index >= 15 is 0 Å². The number of amides is 2. The van der Waals surface area contributed by atoms with Crippen molar-refractivity contribution < 1.29 is 14.7 Å². The molecule has 3 N–H and O–H groups in total. The van der Waals surface area contributed by atoms with Gasteiger partial charge in [0.15, 0.2) is 0 Å². The zero-order valence-corrected chi connectivity index (χ0v) is 10.8. The van der Waals surface area contributed by atoms with Gasteiger partial charge >= 0.3 is 0 Å². The Bertz CT molecular complexity index is 426. The molecular formula is C13H19N3O3. The molecule has 1 aromatic heterocycles. The van der Waals surface area contributed by atoms with Gasteiger partial charge in [0.05, 0.1) is 13.2 Å². The van der Waals surface area contributed by atoms with Gasteiger partial charge < -0.3 is 10.1 Å². The first-order chi connectivity index (χ1) is 9.20. The largest absolute Gasteiger partial charge is 0.395 e. The van der Waals surface area contributed by atoms with Gasteiger partial charge in [0.25, 0.3) is 5.91 Å². The molecule has 0 unspecified atom stereocenters. The van der Waals surface area contributed by atoms with Crippen LogP contribution in [-0.2, 0) is 4.79 Å². The standard InChI is InChI=1S/C13H19N3O3/c17-8-7-16(10-3-1-4-10)9-12(18)15-13(19)11-5-2-6-14-11/h2,5-6,10,14,17H,1,3-4,7-9H2,(H,15,18,19). The first kappa shape index (κ1) is 13.8. The van der Waals surface area contributed by atoms with Crippen LogP contribution in [0.15, 0.2) is 18.3 Å². The van der Waals surface area contributed by atoms with Crippen molar-refractivity contribution in [1.29, 1.82) is 0 Å². The first-order valence-electron chi connectivity index (χ1n) is 6.53. The van der Waals surface area contributed by atoms with Crippen LogP contribution in [0.5, 0.6) is 0 Å². The Morgan fingerprint density at radius 2 is 2.26 bits per heavy atom. The van der Waals surface area contributed by atoms with Gasteiger partial charge in [-0.25, -0.2) is 0 Å². The lowest BCUT2D eigenvalue weighted by atomic mass is 9.91. The van der Waals surface area contributed by atoms with Crippen LogP contribution in [-0.4, -0.2) is 52.5 Å². The predicted molar refractivity (Wildman–Crippen MR) is 69.6 cm³/mol. The number of aromatic nitrogens is 1. The molecule has 1 heterocycles. The van der Waals surface area contributed by atoms with Crippen LogP contribution in [0.25, 0.3) is 0 Å². The molecule has 104 valence electrons. The second-order valence-corrected chi connectivity index (χ2v) is 4.74. The molecule has 0 aromatic carbocycles. The Morgan fingerprint density at radius 1 is 1.47 bits per heavy atom. The third kappa shape index (κ3) is 3.65. The minimum absolute atomic E-state index is 0.0222. The van der Waals surface area contributed by atoms with Crippen molar-refractivity contribution in [3.8, 4) is 0 Å². The Hall–Kier alpha value is -1.66. The van der Waals surface area contributed by atoms with Gasteiger partial charge in [-0.2, -0.15) is 0 Å². The molecule has 2 rings (SSSR count).